The Hall–Kier alpha value is -0.530. The van der Waals surface area contributed by atoms with Crippen LogP contribution in [0.3, 0.4) is 0 Å². The van der Waals surface area contributed by atoms with Crippen LogP contribution < -0.4 is 0 Å². The van der Waals surface area contributed by atoms with Gasteiger partial charge in [0.2, 0.25) is 5.91 Å². The highest BCUT2D eigenvalue weighted by Gasteiger charge is 2.35. The van der Waals surface area contributed by atoms with Crippen LogP contribution in [0.5, 0.6) is 0 Å². The van der Waals surface area contributed by atoms with Gasteiger partial charge in [0.25, 0.3) is 0 Å². The monoisotopic (exact) mass is 253 g/mol. The third-order valence-corrected chi connectivity index (χ3v) is 4.32. The molecular weight excluding hydrogens is 222 g/mol. The second kappa shape index (κ2) is 7.81. The van der Waals surface area contributed by atoms with Gasteiger partial charge in [0.15, 0.2) is 0 Å². The van der Waals surface area contributed by atoms with E-state index >= 15 is 0 Å². The standard InChI is InChI=1S/C16H31NO/c1-4-6-11-16(3,12-7-5-2)15(18)17-13-9-8-10-14-17/h4-14H2,1-3H3. The molecule has 1 saturated heterocycles. The lowest BCUT2D eigenvalue weighted by atomic mass is 9.78. The maximum absolute atomic E-state index is 12.8. The van der Waals surface area contributed by atoms with Crippen LogP contribution in [-0.4, -0.2) is 23.9 Å². The molecule has 1 heterocycles. The van der Waals surface area contributed by atoms with Crippen molar-refractivity contribution in [2.45, 2.75) is 78.6 Å². The lowest BCUT2D eigenvalue weighted by molar-refractivity contribution is -0.143. The first kappa shape index (κ1) is 15.5. The molecule has 2 nitrogen and oxygen atoms in total. The summed E-state index contributed by atoms with van der Waals surface area (Å²) in [6.45, 7) is 8.62. The van der Waals surface area contributed by atoms with E-state index < -0.39 is 0 Å². The molecule has 0 atom stereocenters. The van der Waals surface area contributed by atoms with E-state index in [9.17, 15) is 4.79 Å². The number of hydrogen-bond donors (Lipinski definition) is 0. The lowest BCUT2D eigenvalue weighted by Crippen LogP contribution is -2.45. The van der Waals surface area contributed by atoms with Gasteiger partial charge in [0, 0.05) is 18.5 Å². The van der Waals surface area contributed by atoms with Crippen molar-refractivity contribution in [3.8, 4) is 0 Å². The summed E-state index contributed by atoms with van der Waals surface area (Å²) in [4.78, 5) is 14.9. The molecular formula is C16H31NO. The van der Waals surface area contributed by atoms with Crippen molar-refractivity contribution in [2.24, 2.45) is 5.41 Å². The van der Waals surface area contributed by atoms with Crippen LogP contribution in [-0.2, 0) is 4.79 Å². The minimum absolute atomic E-state index is 0.0939. The molecule has 1 rings (SSSR count). The van der Waals surface area contributed by atoms with Crippen molar-refractivity contribution in [3.05, 3.63) is 0 Å². The summed E-state index contributed by atoms with van der Waals surface area (Å²) in [5.41, 5.74) is -0.0939. The Balaban J connectivity index is 2.63. The number of likely N-dealkylation sites (tertiary alicyclic amines) is 1. The molecule has 1 aliphatic rings. The number of hydrogen-bond acceptors (Lipinski definition) is 1. The van der Waals surface area contributed by atoms with E-state index in [1.807, 2.05) is 0 Å². The largest absolute Gasteiger partial charge is 0.342 e. The normalized spacial score (nSPS) is 16.9. The highest BCUT2D eigenvalue weighted by molar-refractivity contribution is 5.82. The number of piperidine rings is 1. The van der Waals surface area contributed by atoms with Gasteiger partial charge in [-0.05, 0) is 32.1 Å². The zero-order chi connectivity index (χ0) is 13.4. The Morgan fingerprint density at radius 3 is 1.94 bits per heavy atom. The molecule has 0 saturated carbocycles. The van der Waals surface area contributed by atoms with E-state index in [1.165, 1.54) is 44.9 Å². The average molecular weight is 253 g/mol. The molecule has 18 heavy (non-hydrogen) atoms. The van der Waals surface area contributed by atoms with Gasteiger partial charge in [-0.1, -0.05) is 46.5 Å². The van der Waals surface area contributed by atoms with E-state index in [0.29, 0.717) is 5.91 Å². The second-order valence-corrected chi connectivity index (χ2v) is 6.12. The first-order valence-corrected chi connectivity index (χ1v) is 7.93. The number of carbonyl (C=O) groups excluding carboxylic acids is 1. The van der Waals surface area contributed by atoms with Crippen LogP contribution in [0.15, 0.2) is 0 Å². The van der Waals surface area contributed by atoms with Crippen molar-refractivity contribution in [1.29, 1.82) is 0 Å². The van der Waals surface area contributed by atoms with Crippen LogP contribution in [0, 0.1) is 5.41 Å². The van der Waals surface area contributed by atoms with Crippen molar-refractivity contribution < 1.29 is 4.79 Å². The van der Waals surface area contributed by atoms with Gasteiger partial charge in [-0.2, -0.15) is 0 Å². The first-order valence-electron chi connectivity index (χ1n) is 7.93. The fourth-order valence-corrected chi connectivity index (χ4v) is 2.95. The summed E-state index contributed by atoms with van der Waals surface area (Å²) in [5.74, 6) is 0.434. The highest BCUT2D eigenvalue weighted by atomic mass is 16.2. The van der Waals surface area contributed by atoms with Gasteiger partial charge < -0.3 is 4.90 Å². The predicted molar refractivity (Wildman–Crippen MR) is 77.6 cm³/mol. The fraction of sp³-hybridized carbons (Fsp3) is 0.938. The zero-order valence-corrected chi connectivity index (χ0v) is 12.6. The number of amides is 1. The summed E-state index contributed by atoms with van der Waals surface area (Å²) >= 11 is 0. The number of nitrogens with zero attached hydrogens (tertiary/aromatic N) is 1. The molecule has 0 aliphatic carbocycles. The Morgan fingerprint density at radius 1 is 1.00 bits per heavy atom. The van der Waals surface area contributed by atoms with Crippen LogP contribution >= 0.6 is 0 Å². The Bertz CT molecular complexity index is 235. The van der Waals surface area contributed by atoms with Gasteiger partial charge in [-0.25, -0.2) is 0 Å². The van der Waals surface area contributed by atoms with Gasteiger partial charge >= 0.3 is 0 Å². The van der Waals surface area contributed by atoms with Crippen LogP contribution in [0.25, 0.3) is 0 Å². The van der Waals surface area contributed by atoms with E-state index in [2.05, 4.69) is 25.7 Å². The van der Waals surface area contributed by atoms with Gasteiger partial charge in [0.1, 0.15) is 0 Å². The van der Waals surface area contributed by atoms with Crippen LogP contribution in [0.4, 0.5) is 0 Å². The molecule has 0 aromatic rings. The minimum atomic E-state index is -0.0939. The van der Waals surface area contributed by atoms with Crippen molar-refractivity contribution in [2.75, 3.05) is 13.1 Å². The first-order chi connectivity index (χ1) is 8.64. The van der Waals surface area contributed by atoms with Crippen molar-refractivity contribution in [3.63, 3.8) is 0 Å². The topological polar surface area (TPSA) is 20.3 Å². The molecule has 1 aliphatic heterocycles. The predicted octanol–water partition coefficient (Wildman–Crippen LogP) is 4.39. The van der Waals surface area contributed by atoms with Crippen LogP contribution in [0.2, 0.25) is 0 Å². The molecule has 0 radical (unpaired) electrons. The molecule has 0 N–H and O–H groups in total. The number of rotatable bonds is 7. The zero-order valence-electron chi connectivity index (χ0n) is 12.6. The van der Waals surface area contributed by atoms with Gasteiger partial charge in [-0.15, -0.1) is 0 Å². The quantitative estimate of drug-likeness (QED) is 0.659. The molecule has 0 aromatic heterocycles. The third kappa shape index (κ3) is 4.29. The Morgan fingerprint density at radius 2 is 1.50 bits per heavy atom. The molecule has 2 heteroatoms. The highest BCUT2D eigenvalue weighted by Crippen LogP contribution is 2.33. The Labute approximate surface area is 113 Å². The minimum Gasteiger partial charge on any atom is -0.342 e. The molecule has 0 spiro atoms. The van der Waals surface area contributed by atoms with E-state index in [-0.39, 0.29) is 5.41 Å². The number of carbonyl (C=O) groups is 1. The maximum atomic E-state index is 12.8. The van der Waals surface area contributed by atoms with Crippen molar-refractivity contribution in [1.82, 2.24) is 4.90 Å². The molecule has 106 valence electrons. The molecule has 0 bridgehead atoms. The van der Waals surface area contributed by atoms with Crippen molar-refractivity contribution >= 4 is 5.91 Å². The summed E-state index contributed by atoms with van der Waals surface area (Å²) in [6, 6.07) is 0. The van der Waals surface area contributed by atoms with E-state index in [4.69, 9.17) is 0 Å². The lowest BCUT2D eigenvalue weighted by Gasteiger charge is -2.36. The maximum Gasteiger partial charge on any atom is 0.228 e. The van der Waals surface area contributed by atoms with E-state index in [1.54, 1.807) is 0 Å². The molecule has 1 fully saturated rings. The molecule has 1 amide bonds. The fourth-order valence-electron chi connectivity index (χ4n) is 2.95. The summed E-state index contributed by atoms with van der Waals surface area (Å²) in [7, 11) is 0. The molecule has 0 unspecified atom stereocenters. The summed E-state index contributed by atoms with van der Waals surface area (Å²) in [5, 5.41) is 0. The summed E-state index contributed by atoms with van der Waals surface area (Å²) < 4.78 is 0. The smallest absolute Gasteiger partial charge is 0.228 e. The molecule has 0 aromatic carbocycles. The van der Waals surface area contributed by atoms with Crippen LogP contribution in [0.1, 0.15) is 78.6 Å². The second-order valence-electron chi connectivity index (χ2n) is 6.12. The van der Waals surface area contributed by atoms with Gasteiger partial charge in [-0.3, -0.25) is 4.79 Å². The average Bonchev–Trinajstić information content (AvgIpc) is 2.43. The SMILES string of the molecule is CCCCC(C)(CCCC)C(=O)N1CCCCC1. The Kier molecular flexibility index (Phi) is 6.73. The number of unbranched alkanes of at least 4 members (excludes halogenated alkanes) is 2. The third-order valence-electron chi connectivity index (χ3n) is 4.32. The summed E-state index contributed by atoms with van der Waals surface area (Å²) in [6.07, 6.45) is 10.6. The van der Waals surface area contributed by atoms with Gasteiger partial charge in [0.05, 0.1) is 0 Å². The van der Waals surface area contributed by atoms with E-state index in [0.717, 1.165) is 25.9 Å².